The highest BCUT2D eigenvalue weighted by Gasteiger charge is 2.28. The zero-order valence-corrected chi connectivity index (χ0v) is 16.4. The van der Waals surface area contributed by atoms with Crippen LogP contribution in [0, 0.1) is 13.8 Å². The smallest absolute Gasteiger partial charge is 0.290 e. The van der Waals surface area contributed by atoms with E-state index in [0.29, 0.717) is 11.1 Å². The molecule has 9 nitrogen and oxygen atoms in total. The van der Waals surface area contributed by atoms with Crippen molar-refractivity contribution < 1.29 is 14.7 Å². The lowest BCUT2D eigenvalue weighted by Gasteiger charge is -2.24. The van der Waals surface area contributed by atoms with Gasteiger partial charge in [-0.15, -0.1) is 0 Å². The molecule has 148 valence electrons. The summed E-state index contributed by atoms with van der Waals surface area (Å²) in [4.78, 5) is 30.2. The van der Waals surface area contributed by atoms with Crippen molar-refractivity contribution in [2.45, 2.75) is 39.2 Å². The number of rotatable bonds is 2. The van der Waals surface area contributed by atoms with Gasteiger partial charge in [-0.1, -0.05) is 0 Å². The van der Waals surface area contributed by atoms with Crippen LogP contribution in [0.15, 0.2) is 12.3 Å². The van der Waals surface area contributed by atoms with Crippen LogP contribution in [0.4, 0.5) is 0 Å². The molecule has 3 heterocycles. The first-order chi connectivity index (χ1) is 13.4. The molecule has 4 rings (SSSR count). The van der Waals surface area contributed by atoms with E-state index in [4.69, 9.17) is 9.90 Å². The average Bonchev–Trinajstić information content (AvgIpc) is 3.12. The molecule has 2 N–H and O–H groups in total. The lowest BCUT2D eigenvalue weighted by molar-refractivity contribution is -0.122. The Morgan fingerprint density at radius 2 is 2.07 bits per heavy atom. The van der Waals surface area contributed by atoms with Gasteiger partial charge in [-0.05, 0) is 39.2 Å². The number of carbonyl (C=O) groups is 2. The summed E-state index contributed by atoms with van der Waals surface area (Å²) < 4.78 is 3.84. The molecule has 0 aliphatic heterocycles. The summed E-state index contributed by atoms with van der Waals surface area (Å²) >= 11 is 0. The third-order valence-corrected chi connectivity index (χ3v) is 5.18. The fraction of sp³-hybridized carbons (Fsp3) is 0.421. The number of nitrogens with zero attached hydrogens (tertiary/aromatic N) is 5. The zero-order valence-electron chi connectivity index (χ0n) is 16.4. The van der Waals surface area contributed by atoms with Gasteiger partial charge >= 0.3 is 0 Å². The fourth-order valence-corrected chi connectivity index (χ4v) is 3.84. The van der Waals surface area contributed by atoms with Crippen LogP contribution in [-0.2, 0) is 25.3 Å². The van der Waals surface area contributed by atoms with Gasteiger partial charge in [0, 0.05) is 31.5 Å². The van der Waals surface area contributed by atoms with E-state index in [1.165, 1.54) is 11.3 Å². The molecule has 28 heavy (non-hydrogen) atoms. The Morgan fingerprint density at radius 3 is 2.79 bits per heavy atom. The molecule has 1 amide bonds. The third-order valence-electron chi connectivity index (χ3n) is 5.18. The fourth-order valence-electron chi connectivity index (χ4n) is 3.84. The van der Waals surface area contributed by atoms with Crippen LogP contribution in [0.5, 0.6) is 0 Å². The molecule has 3 aromatic rings. The Balaban J connectivity index is 0.000000706. The minimum atomic E-state index is -0.250. The lowest BCUT2D eigenvalue weighted by atomic mass is 9.90. The zero-order chi connectivity index (χ0) is 20.4. The summed E-state index contributed by atoms with van der Waals surface area (Å²) in [5.74, 6) is 0.734. The number of amides is 1. The van der Waals surface area contributed by atoms with E-state index < -0.39 is 0 Å². The molecule has 1 unspecified atom stereocenters. The number of imidazole rings is 1. The largest absolute Gasteiger partial charge is 0.483 e. The Labute approximate surface area is 162 Å². The minimum Gasteiger partial charge on any atom is -0.483 e. The van der Waals surface area contributed by atoms with Crippen LogP contribution in [0.2, 0.25) is 0 Å². The van der Waals surface area contributed by atoms with Gasteiger partial charge in [0.05, 0.1) is 17.3 Å². The monoisotopic (exact) mass is 384 g/mol. The van der Waals surface area contributed by atoms with Gasteiger partial charge in [-0.3, -0.25) is 14.3 Å². The van der Waals surface area contributed by atoms with Crippen LogP contribution >= 0.6 is 0 Å². The molecule has 0 saturated heterocycles. The number of fused-ring (bicyclic) bond motifs is 2. The number of aryl methyl sites for hydroxylation is 4. The molecule has 9 heteroatoms. The second-order valence-corrected chi connectivity index (χ2v) is 6.84. The van der Waals surface area contributed by atoms with Gasteiger partial charge in [0.2, 0.25) is 0 Å². The van der Waals surface area contributed by atoms with E-state index in [2.05, 4.69) is 20.4 Å². The van der Waals surface area contributed by atoms with E-state index in [0.717, 1.165) is 36.4 Å². The number of pyridine rings is 1. The summed E-state index contributed by atoms with van der Waals surface area (Å²) in [6.45, 7) is 3.67. The van der Waals surface area contributed by atoms with Gasteiger partial charge in [0.25, 0.3) is 12.4 Å². The van der Waals surface area contributed by atoms with Crippen molar-refractivity contribution in [1.82, 2.24) is 29.6 Å². The number of hydrogen-bond acceptors (Lipinski definition) is 5. The highest BCUT2D eigenvalue weighted by Crippen LogP contribution is 2.32. The maximum Gasteiger partial charge on any atom is 0.290 e. The quantitative estimate of drug-likeness (QED) is 0.652. The summed E-state index contributed by atoms with van der Waals surface area (Å²) in [5.41, 5.74) is 5.34. The molecule has 1 aliphatic rings. The number of carbonyl (C=O) groups excluding carboxylic acids is 1. The second kappa shape index (κ2) is 7.79. The Kier molecular flexibility index (Phi) is 5.43. The lowest BCUT2D eigenvalue weighted by Crippen LogP contribution is -2.31. The second-order valence-electron chi connectivity index (χ2n) is 6.84. The van der Waals surface area contributed by atoms with Crippen molar-refractivity contribution in [3.8, 4) is 0 Å². The van der Waals surface area contributed by atoms with Crippen LogP contribution in [-0.4, -0.2) is 41.8 Å². The molecule has 0 spiro atoms. The molecule has 3 aromatic heterocycles. The van der Waals surface area contributed by atoms with E-state index >= 15 is 0 Å². The summed E-state index contributed by atoms with van der Waals surface area (Å²) in [5, 5.41) is 14.6. The summed E-state index contributed by atoms with van der Waals surface area (Å²) in [7, 11) is 3.88. The van der Waals surface area contributed by atoms with Crippen LogP contribution in [0.3, 0.4) is 0 Å². The molecule has 0 fully saturated rings. The SMILES string of the molecule is Cc1nn(C)c2c1C(NC(=O)c1ccnc3c1nc(C)n3C)CCC2.O=CO. The average molecular weight is 384 g/mol. The summed E-state index contributed by atoms with van der Waals surface area (Å²) in [6, 6.07) is 1.74. The van der Waals surface area contributed by atoms with Crippen LogP contribution < -0.4 is 5.32 Å². The highest BCUT2D eigenvalue weighted by atomic mass is 16.3. The topological polar surface area (TPSA) is 115 Å². The Hall–Kier alpha value is -3.23. The number of aromatic nitrogens is 5. The van der Waals surface area contributed by atoms with Gasteiger partial charge in [0.1, 0.15) is 11.3 Å². The predicted molar refractivity (Wildman–Crippen MR) is 103 cm³/mol. The maximum atomic E-state index is 13.0. The normalized spacial score (nSPS) is 15.5. The Morgan fingerprint density at radius 1 is 1.36 bits per heavy atom. The van der Waals surface area contributed by atoms with Crippen molar-refractivity contribution in [2.75, 3.05) is 0 Å². The summed E-state index contributed by atoms with van der Waals surface area (Å²) in [6.07, 6.45) is 4.66. The molecule has 0 aromatic carbocycles. The minimum absolute atomic E-state index is 0.00188. The van der Waals surface area contributed by atoms with Gasteiger partial charge < -0.3 is 15.0 Å². The highest BCUT2D eigenvalue weighted by molar-refractivity contribution is 6.04. The van der Waals surface area contributed by atoms with E-state index in [1.807, 2.05) is 37.2 Å². The van der Waals surface area contributed by atoms with Gasteiger partial charge in [-0.2, -0.15) is 5.10 Å². The van der Waals surface area contributed by atoms with Crippen molar-refractivity contribution in [3.63, 3.8) is 0 Å². The Bertz CT molecular complexity index is 1040. The van der Waals surface area contributed by atoms with E-state index in [1.54, 1.807) is 12.3 Å². The molecule has 1 atom stereocenters. The van der Waals surface area contributed by atoms with Crippen molar-refractivity contribution in [1.29, 1.82) is 0 Å². The van der Waals surface area contributed by atoms with Crippen molar-refractivity contribution in [2.24, 2.45) is 14.1 Å². The third kappa shape index (κ3) is 3.35. The molecular formula is C19H24N6O3. The first kappa shape index (κ1) is 19.5. The maximum absolute atomic E-state index is 13.0. The first-order valence-electron chi connectivity index (χ1n) is 9.08. The molecule has 1 aliphatic carbocycles. The predicted octanol–water partition coefficient (Wildman–Crippen LogP) is 1.83. The van der Waals surface area contributed by atoms with E-state index in [-0.39, 0.29) is 18.4 Å². The van der Waals surface area contributed by atoms with Gasteiger partial charge in [0.15, 0.2) is 5.65 Å². The molecule has 0 radical (unpaired) electrons. The molecular weight excluding hydrogens is 360 g/mol. The van der Waals surface area contributed by atoms with Crippen LogP contribution in [0.1, 0.15) is 52.0 Å². The van der Waals surface area contributed by atoms with Crippen molar-refractivity contribution in [3.05, 3.63) is 40.6 Å². The number of hydrogen-bond donors (Lipinski definition) is 2. The first-order valence-corrected chi connectivity index (χ1v) is 9.08. The molecule has 0 bridgehead atoms. The van der Waals surface area contributed by atoms with Gasteiger partial charge in [-0.25, -0.2) is 9.97 Å². The van der Waals surface area contributed by atoms with E-state index in [9.17, 15) is 4.79 Å². The number of nitrogens with one attached hydrogen (secondary N) is 1. The molecule has 0 saturated carbocycles. The standard InChI is InChI=1S/C18H22N6O.CH2O2/c1-10-15-13(6-5-7-14(15)24(4)22-10)21-18(25)12-8-9-19-17-16(12)20-11(2)23(17)3;2-1-3/h8-9,13H,5-7H2,1-4H3,(H,21,25);1H,(H,2,3). The number of carboxylic acid groups (broad SMARTS) is 1. The van der Waals surface area contributed by atoms with Crippen LogP contribution in [0.25, 0.3) is 11.2 Å². The van der Waals surface area contributed by atoms with Crippen molar-refractivity contribution >= 4 is 23.5 Å².